The summed E-state index contributed by atoms with van der Waals surface area (Å²) >= 11 is 0. The molecule has 10 nitrogen and oxygen atoms in total. The fourth-order valence-electron chi connectivity index (χ4n) is 7.78. The maximum absolute atomic E-state index is 12.7. The van der Waals surface area contributed by atoms with Crippen molar-refractivity contribution in [2.75, 3.05) is 0 Å². The molecule has 4 aliphatic carbocycles. The fourth-order valence-corrected chi connectivity index (χ4v) is 7.78. The first kappa shape index (κ1) is 32.7. The lowest BCUT2D eigenvalue weighted by atomic mass is 9.72. The fraction of sp³-hybridized carbons (Fsp3) is 0.256. The molecule has 262 valence electrons. The number of H-pyrrole nitrogens is 2. The third-order valence-electron chi connectivity index (χ3n) is 11.1. The third kappa shape index (κ3) is 5.84. The van der Waals surface area contributed by atoms with Gasteiger partial charge in [0.2, 0.25) is 0 Å². The van der Waals surface area contributed by atoms with E-state index in [0.29, 0.717) is 24.2 Å². The normalized spacial score (nSPS) is 17.8. The zero-order valence-corrected chi connectivity index (χ0v) is 29.2. The van der Waals surface area contributed by atoms with E-state index in [-0.39, 0.29) is 23.4 Å². The lowest BCUT2D eigenvalue weighted by molar-refractivity contribution is 0.0849. The summed E-state index contributed by atoms with van der Waals surface area (Å²) in [6.07, 6.45) is 21.9. The molecule has 2 N–H and O–H groups in total. The summed E-state index contributed by atoms with van der Waals surface area (Å²) in [7, 11) is 0. The van der Waals surface area contributed by atoms with Gasteiger partial charge in [-0.15, -0.1) is 0 Å². The molecule has 0 bridgehead atoms. The molecule has 6 heterocycles. The second-order valence-corrected chi connectivity index (χ2v) is 14.4. The van der Waals surface area contributed by atoms with E-state index >= 15 is 0 Å². The average molecular weight is 699 g/mol. The highest BCUT2D eigenvalue weighted by Gasteiger charge is 2.42. The Bertz CT molecular complexity index is 2240. The minimum Gasteiger partial charge on any atom is -0.292 e. The van der Waals surface area contributed by atoms with Crippen molar-refractivity contribution in [2.24, 2.45) is 11.8 Å². The highest BCUT2D eigenvalue weighted by molar-refractivity contribution is 6.01. The predicted octanol–water partition coefficient (Wildman–Crippen LogP) is 7.09. The van der Waals surface area contributed by atoms with Crippen LogP contribution in [0.5, 0.6) is 0 Å². The van der Waals surface area contributed by atoms with Crippen LogP contribution < -0.4 is 0 Å². The highest BCUT2D eigenvalue weighted by Crippen LogP contribution is 2.43. The van der Waals surface area contributed by atoms with Crippen molar-refractivity contribution in [3.05, 3.63) is 166 Å². The molecule has 0 spiro atoms. The molecule has 0 aliphatic heterocycles. The summed E-state index contributed by atoms with van der Waals surface area (Å²) in [6.45, 7) is 0. The summed E-state index contributed by atoms with van der Waals surface area (Å²) in [5.74, 6) is 0.639. The number of aromatic nitrogens is 8. The first-order valence-corrected chi connectivity index (χ1v) is 18.3. The highest BCUT2D eigenvalue weighted by atomic mass is 16.1. The van der Waals surface area contributed by atoms with Crippen LogP contribution in [0.4, 0.5) is 0 Å². The lowest BCUT2D eigenvalue weighted by Crippen LogP contribution is -2.32. The third-order valence-corrected chi connectivity index (χ3v) is 11.1. The van der Waals surface area contributed by atoms with E-state index in [4.69, 9.17) is 0 Å². The van der Waals surface area contributed by atoms with Gasteiger partial charge in [-0.25, -0.2) is 0 Å². The van der Waals surface area contributed by atoms with E-state index in [1.54, 1.807) is 12.4 Å². The lowest BCUT2D eigenvalue weighted by Gasteiger charge is -2.32. The van der Waals surface area contributed by atoms with Gasteiger partial charge in [-0.1, -0.05) is 55.0 Å². The summed E-state index contributed by atoms with van der Waals surface area (Å²) in [6, 6.07) is 23.7. The second-order valence-electron chi connectivity index (χ2n) is 14.4. The molecule has 0 amide bonds. The number of carbonyl (C=O) groups is 2. The first-order valence-electron chi connectivity index (χ1n) is 18.3. The van der Waals surface area contributed by atoms with E-state index in [0.717, 1.165) is 77.4 Å². The summed E-state index contributed by atoms with van der Waals surface area (Å²) in [4.78, 5) is 43.7. The molecule has 4 aliphatic rings. The number of carbonyl (C=O) groups excluding carboxylic acids is 2. The van der Waals surface area contributed by atoms with E-state index in [1.165, 1.54) is 0 Å². The number of pyridine rings is 4. The van der Waals surface area contributed by atoms with E-state index in [2.05, 4.69) is 52.5 Å². The summed E-state index contributed by atoms with van der Waals surface area (Å²) < 4.78 is 0. The summed E-state index contributed by atoms with van der Waals surface area (Å²) in [5.41, 5.74) is 7.74. The Labute approximate surface area is 307 Å². The molecule has 0 saturated heterocycles. The van der Waals surface area contributed by atoms with Gasteiger partial charge in [-0.3, -0.25) is 39.7 Å². The van der Waals surface area contributed by atoms with Gasteiger partial charge in [0.25, 0.3) is 0 Å². The molecule has 53 heavy (non-hydrogen) atoms. The Morgan fingerprint density at radius 2 is 0.906 bits per heavy atom. The number of nitrogens with one attached hydrogen (secondary N) is 2. The standard InChI is InChI=1S/C22H20N4O.C21H18N4O/c27-21(15-6-5-7-15)20-16-10-11-22(14-17(16)25-26-20,18-8-1-3-12-23-18)19-9-2-4-13-24-19;26-20(14-7-8-14)19-15-9-10-21(13-16(15)24-25-19,17-5-1-3-11-22-17)18-6-2-4-12-23-18/h1-4,8-13,15H,5-7,14H2,(H,25,26);1-6,9-12,14H,7-8,13H2,(H,24,25). The van der Waals surface area contributed by atoms with Gasteiger partial charge in [0, 0.05) is 72.0 Å². The van der Waals surface area contributed by atoms with Gasteiger partial charge >= 0.3 is 0 Å². The Morgan fingerprint density at radius 3 is 1.21 bits per heavy atom. The van der Waals surface area contributed by atoms with Crippen LogP contribution >= 0.6 is 0 Å². The predicted molar refractivity (Wildman–Crippen MR) is 200 cm³/mol. The molecule has 6 aromatic rings. The zero-order valence-electron chi connectivity index (χ0n) is 29.2. The number of fused-ring (bicyclic) bond motifs is 2. The number of allylic oxidation sites excluding steroid dienone is 2. The quantitative estimate of drug-likeness (QED) is 0.161. The van der Waals surface area contributed by atoms with Crippen molar-refractivity contribution >= 4 is 23.7 Å². The minimum absolute atomic E-state index is 0.143. The van der Waals surface area contributed by atoms with Crippen LogP contribution in [0.3, 0.4) is 0 Å². The van der Waals surface area contributed by atoms with Crippen molar-refractivity contribution in [2.45, 2.75) is 55.8 Å². The molecular weight excluding hydrogens is 661 g/mol. The Balaban J connectivity index is 0.000000141. The number of ketones is 2. The van der Waals surface area contributed by atoms with Crippen LogP contribution in [0.25, 0.3) is 12.2 Å². The van der Waals surface area contributed by atoms with Gasteiger partial charge in [0.05, 0.1) is 33.6 Å². The maximum atomic E-state index is 12.7. The van der Waals surface area contributed by atoms with Crippen molar-refractivity contribution in [3.8, 4) is 0 Å². The topological polar surface area (TPSA) is 143 Å². The van der Waals surface area contributed by atoms with Gasteiger partial charge in [0.1, 0.15) is 11.4 Å². The molecule has 10 heteroatoms. The average Bonchev–Trinajstić information content (AvgIpc) is 3.84. The molecule has 2 fully saturated rings. The Kier molecular flexibility index (Phi) is 8.29. The number of aromatic amines is 2. The molecule has 6 aromatic heterocycles. The number of hydrogen-bond donors (Lipinski definition) is 2. The first-order chi connectivity index (χ1) is 26.1. The van der Waals surface area contributed by atoms with Crippen molar-refractivity contribution in [1.82, 2.24) is 40.3 Å². The van der Waals surface area contributed by atoms with Crippen molar-refractivity contribution in [3.63, 3.8) is 0 Å². The molecule has 10 rings (SSSR count). The molecule has 0 atom stereocenters. The molecule has 0 unspecified atom stereocenters. The van der Waals surface area contributed by atoms with Crippen LogP contribution in [0.15, 0.2) is 110 Å². The molecule has 0 radical (unpaired) electrons. The molecule has 0 aromatic carbocycles. The van der Waals surface area contributed by atoms with E-state index in [9.17, 15) is 9.59 Å². The van der Waals surface area contributed by atoms with Crippen LogP contribution in [-0.2, 0) is 23.7 Å². The van der Waals surface area contributed by atoms with Crippen LogP contribution in [0.2, 0.25) is 0 Å². The largest absolute Gasteiger partial charge is 0.292 e. The zero-order chi connectivity index (χ0) is 35.8. The number of hydrogen-bond acceptors (Lipinski definition) is 8. The minimum atomic E-state index is -0.473. The van der Waals surface area contributed by atoms with Gasteiger partial charge in [-0.2, -0.15) is 10.2 Å². The van der Waals surface area contributed by atoms with Crippen LogP contribution in [0, 0.1) is 11.8 Å². The van der Waals surface area contributed by atoms with Crippen molar-refractivity contribution in [1.29, 1.82) is 0 Å². The van der Waals surface area contributed by atoms with Crippen molar-refractivity contribution < 1.29 is 9.59 Å². The maximum Gasteiger partial charge on any atom is 0.186 e. The van der Waals surface area contributed by atoms with Crippen LogP contribution in [0.1, 0.15) is 98.4 Å². The number of Topliss-reactive ketones (excluding diaryl/α,β-unsaturated/α-hetero) is 2. The van der Waals surface area contributed by atoms with Gasteiger partial charge in [0.15, 0.2) is 11.6 Å². The summed E-state index contributed by atoms with van der Waals surface area (Å²) in [5, 5.41) is 15.0. The SMILES string of the molecule is O=C(c1n[nH]c2c1C=CC(c1ccccn1)(c1ccccn1)C2)C1CC1.O=C(c1n[nH]c2c1C=CC(c1ccccn1)(c1ccccn1)C2)C1CCC1. The van der Waals surface area contributed by atoms with Crippen LogP contribution in [-0.4, -0.2) is 51.9 Å². The Morgan fingerprint density at radius 1 is 0.528 bits per heavy atom. The van der Waals surface area contributed by atoms with Gasteiger partial charge < -0.3 is 0 Å². The number of rotatable bonds is 8. The molecule has 2 saturated carbocycles. The molecular formula is C43H38N8O2. The monoisotopic (exact) mass is 698 g/mol. The van der Waals surface area contributed by atoms with Gasteiger partial charge in [-0.05, 0) is 74.2 Å². The second kappa shape index (κ2) is 13.4. The van der Waals surface area contributed by atoms with E-state index < -0.39 is 10.8 Å². The number of nitrogens with zero attached hydrogens (tertiary/aromatic N) is 6. The van der Waals surface area contributed by atoms with E-state index in [1.807, 2.05) is 97.3 Å². The smallest absolute Gasteiger partial charge is 0.186 e. The Hall–Kier alpha value is -6.16.